The number of alkyl halides is 3. The molecule has 0 aliphatic heterocycles. The maximum Gasteiger partial charge on any atom is 0.416 e. The number of nitrogens with zero attached hydrogens (tertiary/aromatic N) is 3. The highest BCUT2D eigenvalue weighted by molar-refractivity contribution is 5.78. The fraction of sp³-hybridized carbons (Fsp3) is 0.286. The van der Waals surface area contributed by atoms with Crippen LogP contribution in [-0.2, 0) is 23.8 Å². The van der Waals surface area contributed by atoms with E-state index in [1.54, 1.807) is 10.9 Å². The number of amides is 1. The highest BCUT2D eigenvalue weighted by Gasteiger charge is 2.29. The topological polar surface area (TPSA) is 59.8 Å². The number of carbonyl (C=O) groups is 1. The number of aromatic nitrogens is 3. The average molecular weight is 402 g/mol. The van der Waals surface area contributed by atoms with E-state index in [2.05, 4.69) is 15.4 Å². The summed E-state index contributed by atoms with van der Waals surface area (Å²) in [6.45, 7) is 4.27. The van der Waals surface area contributed by atoms with E-state index in [-0.39, 0.29) is 12.3 Å². The zero-order chi connectivity index (χ0) is 21.0. The molecule has 0 aliphatic carbocycles. The number of nitrogens with one attached hydrogen (secondary N) is 1. The molecule has 1 aromatic carbocycles. The third-order valence-corrected chi connectivity index (χ3v) is 4.65. The monoisotopic (exact) mass is 402 g/mol. The number of hydrogen-bond donors (Lipinski definition) is 1. The van der Waals surface area contributed by atoms with Gasteiger partial charge in [0.1, 0.15) is 0 Å². The van der Waals surface area contributed by atoms with Crippen molar-refractivity contribution in [2.75, 3.05) is 6.54 Å². The summed E-state index contributed by atoms with van der Waals surface area (Å²) >= 11 is 0. The summed E-state index contributed by atoms with van der Waals surface area (Å²) < 4.78 is 39.6. The molecule has 0 unspecified atom stereocenters. The summed E-state index contributed by atoms with van der Waals surface area (Å²) in [7, 11) is 0. The van der Waals surface area contributed by atoms with E-state index < -0.39 is 11.7 Å². The van der Waals surface area contributed by atoms with Crippen molar-refractivity contribution >= 4 is 5.91 Å². The molecule has 0 atom stereocenters. The molecular formula is C21H21F3N4O. The van der Waals surface area contributed by atoms with E-state index in [4.69, 9.17) is 0 Å². The maximum atomic E-state index is 12.6. The lowest BCUT2D eigenvalue weighted by Gasteiger charge is -2.09. The van der Waals surface area contributed by atoms with Crippen molar-refractivity contribution in [2.24, 2.45) is 0 Å². The summed E-state index contributed by atoms with van der Waals surface area (Å²) in [5.41, 5.74) is 2.66. The zero-order valence-corrected chi connectivity index (χ0v) is 16.1. The van der Waals surface area contributed by atoms with Gasteiger partial charge in [-0.2, -0.15) is 18.3 Å². The van der Waals surface area contributed by atoms with Gasteiger partial charge < -0.3 is 5.32 Å². The first-order valence-corrected chi connectivity index (χ1v) is 9.15. The second-order valence-corrected chi connectivity index (χ2v) is 6.72. The Bertz CT molecular complexity index is 980. The molecule has 0 bridgehead atoms. The highest BCUT2D eigenvalue weighted by atomic mass is 19.4. The van der Waals surface area contributed by atoms with Gasteiger partial charge in [-0.15, -0.1) is 0 Å². The molecule has 8 heteroatoms. The van der Waals surface area contributed by atoms with Crippen molar-refractivity contribution in [3.8, 4) is 5.82 Å². The van der Waals surface area contributed by atoms with Gasteiger partial charge in [-0.25, -0.2) is 9.67 Å². The molecule has 0 saturated carbocycles. The van der Waals surface area contributed by atoms with Crippen LogP contribution in [0.4, 0.5) is 13.2 Å². The number of carbonyl (C=O) groups excluding carboxylic acids is 1. The fourth-order valence-corrected chi connectivity index (χ4v) is 3.13. The van der Waals surface area contributed by atoms with Crippen molar-refractivity contribution in [1.82, 2.24) is 20.1 Å². The molecular weight excluding hydrogens is 381 g/mol. The summed E-state index contributed by atoms with van der Waals surface area (Å²) in [5, 5.41) is 7.34. The predicted molar refractivity (Wildman–Crippen MR) is 103 cm³/mol. The van der Waals surface area contributed by atoms with E-state index in [1.807, 2.05) is 32.0 Å². The molecule has 3 aromatic rings. The molecule has 1 N–H and O–H groups in total. The van der Waals surface area contributed by atoms with Crippen LogP contribution in [0, 0.1) is 13.8 Å². The second kappa shape index (κ2) is 8.46. The Labute approximate surface area is 166 Å². The number of aryl methyl sites for hydroxylation is 1. The van der Waals surface area contributed by atoms with E-state index in [1.165, 1.54) is 12.1 Å². The van der Waals surface area contributed by atoms with Gasteiger partial charge in [0.2, 0.25) is 5.91 Å². The minimum atomic E-state index is -4.38. The quantitative estimate of drug-likeness (QED) is 0.682. The van der Waals surface area contributed by atoms with Crippen LogP contribution < -0.4 is 5.32 Å². The first kappa shape index (κ1) is 20.6. The van der Waals surface area contributed by atoms with Crippen LogP contribution in [0.5, 0.6) is 0 Å². The molecule has 5 nitrogen and oxygen atoms in total. The van der Waals surface area contributed by atoms with Crippen LogP contribution in [0.2, 0.25) is 0 Å². The van der Waals surface area contributed by atoms with Crippen molar-refractivity contribution < 1.29 is 18.0 Å². The molecule has 0 aliphatic rings. The van der Waals surface area contributed by atoms with E-state index in [9.17, 15) is 18.0 Å². The Kier molecular flexibility index (Phi) is 6.00. The van der Waals surface area contributed by atoms with Gasteiger partial charge in [0.25, 0.3) is 0 Å². The van der Waals surface area contributed by atoms with Gasteiger partial charge in [-0.1, -0.05) is 18.2 Å². The van der Waals surface area contributed by atoms with Crippen molar-refractivity contribution in [2.45, 2.75) is 32.9 Å². The Morgan fingerprint density at radius 2 is 1.83 bits per heavy atom. The fourth-order valence-electron chi connectivity index (χ4n) is 3.13. The number of rotatable bonds is 6. The smallest absolute Gasteiger partial charge is 0.355 e. The zero-order valence-electron chi connectivity index (χ0n) is 16.1. The van der Waals surface area contributed by atoms with Crippen molar-refractivity contribution in [3.05, 3.63) is 76.7 Å². The standard InChI is InChI=1S/C21H21F3N4O/c1-14-18(15(2)28(27-14)19-5-3-4-11-25-19)10-12-26-20(29)13-16-6-8-17(9-7-16)21(22,23)24/h3-9,11H,10,12-13H2,1-2H3,(H,26,29). The number of pyridine rings is 1. The first-order chi connectivity index (χ1) is 13.8. The van der Waals surface area contributed by atoms with Crippen molar-refractivity contribution in [3.63, 3.8) is 0 Å². The largest absolute Gasteiger partial charge is 0.416 e. The maximum absolute atomic E-state index is 12.6. The van der Waals surface area contributed by atoms with E-state index in [0.29, 0.717) is 18.5 Å². The van der Waals surface area contributed by atoms with Crippen molar-refractivity contribution in [1.29, 1.82) is 0 Å². The average Bonchev–Trinajstić information content (AvgIpc) is 2.96. The minimum Gasteiger partial charge on any atom is -0.355 e. The van der Waals surface area contributed by atoms with Crippen LogP contribution in [0.15, 0.2) is 48.7 Å². The summed E-state index contributed by atoms with van der Waals surface area (Å²) in [6, 6.07) is 10.2. The first-order valence-electron chi connectivity index (χ1n) is 9.15. The molecule has 2 heterocycles. The molecule has 0 radical (unpaired) electrons. The van der Waals surface area contributed by atoms with Gasteiger partial charge in [-0.05, 0) is 55.7 Å². The molecule has 0 saturated heterocycles. The highest BCUT2D eigenvalue weighted by Crippen LogP contribution is 2.29. The predicted octanol–water partition coefficient (Wildman–Crippen LogP) is 3.80. The summed E-state index contributed by atoms with van der Waals surface area (Å²) in [5.74, 6) is 0.489. The van der Waals surface area contributed by atoms with Crippen LogP contribution >= 0.6 is 0 Å². The molecule has 2 aromatic heterocycles. The molecule has 29 heavy (non-hydrogen) atoms. The molecule has 0 fully saturated rings. The number of benzene rings is 1. The normalized spacial score (nSPS) is 11.5. The lowest BCUT2D eigenvalue weighted by Crippen LogP contribution is -2.27. The lowest BCUT2D eigenvalue weighted by atomic mass is 10.1. The van der Waals surface area contributed by atoms with E-state index in [0.717, 1.165) is 34.9 Å². The Morgan fingerprint density at radius 3 is 2.45 bits per heavy atom. The van der Waals surface area contributed by atoms with Crippen LogP contribution in [0.25, 0.3) is 5.82 Å². The summed E-state index contributed by atoms with van der Waals surface area (Å²) in [6.07, 6.45) is -2.05. The molecule has 3 rings (SSSR count). The summed E-state index contributed by atoms with van der Waals surface area (Å²) in [4.78, 5) is 16.4. The van der Waals surface area contributed by atoms with Crippen LogP contribution in [0.1, 0.15) is 28.1 Å². The van der Waals surface area contributed by atoms with Gasteiger partial charge in [0, 0.05) is 18.4 Å². The van der Waals surface area contributed by atoms with E-state index >= 15 is 0 Å². The Morgan fingerprint density at radius 1 is 1.10 bits per heavy atom. The van der Waals surface area contributed by atoms with Gasteiger partial charge in [0.05, 0.1) is 17.7 Å². The SMILES string of the molecule is Cc1nn(-c2ccccn2)c(C)c1CCNC(=O)Cc1ccc(C(F)(F)F)cc1. The van der Waals surface area contributed by atoms with Gasteiger partial charge in [-0.3, -0.25) is 4.79 Å². The minimum absolute atomic E-state index is 0.0311. The second-order valence-electron chi connectivity index (χ2n) is 6.72. The van der Waals surface area contributed by atoms with Crippen LogP contribution in [-0.4, -0.2) is 27.2 Å². The molecule has 152 valence electrons. The number of halogens is 3. The molecule has 0 spiro atoms. The van der Waals surface area contributed by atoms with Crippen LogP contribution in [0.3, 0.4) is 0 Å². The third-order valence-electron chi connectivity index (χ3n) is 4.65. The van der Waals surface area contributed by atoms with Gasteiger partial charge >= 0.3 is 6.18 Å². The Balaban J connectivity index is 1.56. The third kappa shape index (κ3) is 5.01. The van der Waals surface area contributed by atoms with Gasteiger partial charge in [0.15, 0.2) is 5.82 Å². The Hall–Kier alpha value is -3.16. The number of hydrogen-bond acceptors (Lipinski definition) is 3. The molecule has 1 amide bonds. The lowest BCUT2D eigenvalue weighted by molar-refractivity contribution is -0.137.